The first-order valence-electron chi connectivity index (χ1n) is 5.87. The summed E-state index contributed by atoms with van der Waals surface area (Å²) in [5.74, 6) is 0.550. The van der Waals surface area contributed by atoms with Gasteiger partial charge in [-0.2, -0.15) is 0 Å². The third-order valence-electron chi connectivity index (χ3n) is 3.28. The van der Waals surface area contributed by atoms with Gasteiger partial charge in [-0.25, -0.2) is 4.39 Å². The van der Waals surface area contributed by atoms with Crippen molar-refractivity contribution in [2.45, 2.75) is 13.3 Å². The number of nitrogens with zero attached hydrogens (tertiary/aromatic N) is 1. The third kappa shape index (κ3) is 2.19. The molecule has 0 aliphatic carbocycles. The number of rotatable bonds is 3. The van der Waals surface area contributed by atoms with Crippen molar-refractivity contribution >= 4 is 5.69 Å². The molecule has 0 spiro atoms. The minimum atomic E-state index is -0.0925. The van der Waals surface area contributed by atoms with Crippen molar-refractivity contribution in [2.24, 2.45) is 5.92 Å². The number of nitrogens with one attached hydrogen (secondary N) is 1. The maximum atomic E-state index is 13.8. The van der Waals surface area contributed by atoms with Crippen LogP contribution in [0.5, 0.6) is 0 Å². The molecule has 1 heterocycles. The first kappa shape index (κ1) is 11.4. The maximum Gasteiger partial charge on any atom is 0.146 e. The molecule has 88 valence electrons. The quantitative estimate of drug-likeness (QED) is 0.843. The number of benzene rings is 1. The van der Waals surface area contributed by atoms with Crippen LogP contribution in [0.3, 0.4) is 0 Å². The Morgan fingerprint density at radius 3 is 3.00 bits per heavy atom. The van der Waals surface area contributed by atoms with Crippen LogP contribution < -0.4 is 10.2 Å². The summed E-state index contributed by atoms with van der Waals surface area (Å²) < 4.78 is 13.8. The van der Waals surface area contributed by atoms with Gasteiger partial charge in [-0.15, -0.1) is 0 Å². The topological polar surface area (TPSA) is 15.3 Å². The molecule has 1 saturated heterocycles. The van der Waals surface area contributed by atoms with Crippen LogP contribution in [0.25, 0.3) is 0 Å². The first-order valence-corrected chi connectivity index (χ1v) is 5.87. The third-order valence-corrected chi connectivity index (χ3v) is 3.28. The van der Waals surface area contributed by atoms with E-state index in [2.05, 4.69) is 10.2 Å². The fourth-order valence-corrected chi connectivity index (χ4v) is 2.51. The van der Waals surface area contributed by atoms with Gasteiger partial charge in [-0.1, -0.05) is 12.1 Å². The van der Waals surface area contributed by atoms with E-state index in [-0.39, 0.29) is 5.82 Å². The Bertz CT molecular complexity index is 345. The van der Waals surface area contributed by atoms with Gasteiger partial charge in [0.15, 0.2) is 0 Å². The first-order chi connectivity index (χ1) is 7.72. The summed E-state index contributed by atoms with van der Waals surface area (Å²) in [6.07, 6.45) is 1.15. The van der Waals surface area contributed by atoms with Crippen molar-refractivity contribution in [3.05, 3.63) is 29.6 Å². The Morgan fingerprint density at radius 2 is 2.31 bits per heavy atom. The van der Waals surface area contributed by atoms with E-state index in [4.69, 9.17) is 0 Å². The van der Waals surface area contributed by atoms with Gasteiger partial charge in [-0.3, -0.25) is 0 Å². The highest BCUT2D eigenvalue weighted by Gasteiger charge is 2.24. The van der Waals surface area contributed by atoms with Gasteiger partial charge in [0.2, 0.25) is 0 Å². The zero-order chi connectivity index (χ0) is 11.5. The van der Waals surface area contributed by atoms with Crippen LogP contribution in [0.1, 0.15) is 12.0 Å². The Hall–Kier alpha value is -1.09. The lowest BCUT2D eigenvalue weighted by molar-refractivity contribution is 0.547. The van der Waals surface area contributed by atoms with Crippen molar-refractivity contribution in [1.82, 2.24) is 5.32 Å². The number of para-hydroxylation sites is 1. The molecule has 0 bridgehead atoms. The molecule has 16 heavy (non-hydrogen) atoms. The summed E-state index contributed by atoms with van der Waals surface area (Å²) in [6.45, 7) is 4.92. The zero-order valence-electron chi connectivity index (χ0n) is 9.96. The monoisotopic (exact) mass is 222 g/mol. The van der Waals surface area contributed by atoms with E-state index in [0.29, 0.717) is 5.92 Å². The zero-order valence-corrected chi connectivity index (χ0v) is 9.96. The highest BCUT2D eigenvalue weighted by molar-refractivity contribution is 5.55. The van der Waals surface area contributed by atoms with Crippen LogP contribution in [0.2, 0.25) is 0 Å². The number of aryl methyl sites for hydroxylation is 1. The summed E-state index contributed by atoms with van der Waals surface area (Å²) in [4.78, 5) is 2.17. The molecule has 0 amide bonds. The van der Waals surface area contributed by atoms with Crippen molar-refractivity contribution in [2.75, 3.05) is 31.6 Å². The Kier molecular flexibility index (Phi) is 3.44. The maximum absolute atomic E-state index is 13.8. The molecule has 1 atom stereocenters. The van der Waals surface area contributed by atoms with Gasteiger partial charge in [0, 0.05) is 13.1 Å². The van der Waals surface area contributed by atoms with Gasteiger partial charge in [-0.05, 0) is 44.5 Å². The highest BCUT2D eigenvalue weighted by atomic mass is 19.1. The average molecular weight is 222 g/mol. The van der Waals surface area contributed by atoms with Crippen LogP contribution in [0.4, 0.5) is 10.1 Å². The largest absolute Gasteiger partial charge is 0.369 e. The summed E-state index contributed by atoms with van der Waals surface area (Å²) in [7, 11) is 1.97. The number of hydrogen-bond donors (Lipinski definition) is 1. The molecular formula is C13H19FN2. The number of hydrogen-bond acceptors (Lipinski definition) is 2. The summed E-state index contributed by atoms with van der Waals surface area (Å²) in [5.41, 5.74) is 1.83. The van der Waals surface area contributed by atoms with E-state index in [1.54, 1.807) is 12.1 Å². The summed E-state index contributed by atoms with van der Waals surface area (Å²) in [6, 6.07) is 5.30. The fraction of sp³-hybridized carbons (Fsp3) is 0.538. The molecule has 1 fully saturated rings. The van der Waals surface area contributed by atoms with Gasteiger partial charge in [0.1, 0.15) is 5.82 Å². The molecule has 0 aromatic heterocycles. The highest BCUT2D eigenvalue weighted by Crippen LogP contribution is 2.28. The van der Waals surface area contributed by atoms with Crippen LogP contribution in [0.15, 0.2) is 18.2 Å². The van der Waals surface area contributed by atoms with E-state index < -0.39 is 0 Å². The van der Waals surface area contributed by atoms with Crippen LogP contribution in [-0.2, 0) is 0 Å². The Morgan fingerprint density at radius 1 is 1.50 bits per heavy atom. The molecule has 0 saturated carbocycles. The SMILES string of the molecule is CNCC1CCN(c2c(C)cccc2F)C1. The predicted octanol–water partition coefficient (Wildman–Crippen LogP) is 2.18. The molecule has 2 rings (SSSR count). The van der Waals surface area contributed by atoms with E-state index in [1.807, 2.05) is 20.0 Å². The van der Waals surface area contributed by atoms with Crippen LogP contribution >= 0.6 is 0 Å². The molecular weight excluding hydrogens is 203 g/mol. The molecule has 1 aliphatic heterocycles. The molecule has 1 aliphatic rings. The van der Waals surface area contributed by atoms with Crippen molar-refractivity contribution in [3.8, 4) is 0 Å². The normalized spacial score (nSPS) is 20.4. The second-order valence-corrected chi connectivity index (χ2v) is 4.56. The fourth-order valence-electron chi connectivity index (χ4n) is 2.51. The minimum Gasteiger partial charge on any atom is -0.369 e. The van der Waals surface area contributed by atoms with Crippen molar-refractivity contribution < 1.29 is 4.39 Å². The molecule has 1 N–H and O–H groups in total. The van der Waals surface area contributed by atoms with Gasteiger partial charge in [0.05, 0.1) is 5.69 Å². The second kappa shape index (κ2) is 4.83. The van der Waals surface area contributed by atoms with Crippen LogP contribution in [0, 0.1) is 18.7 Å². The molecule has 1 aromatic rings. The van der Waals surface area contributed by atoms with E-state index in [9.17, 15) is 4.39 Å². The summed E-state index contributed by atoms with van der Waals surface area (Å²) >= 11 is 0. The second-order valence-electron chi connectivity index (χ2n) is 4.56. The van der Waals surface area contributed by atoms with Crippen LogP contribution in [-0.4, -0.2) is 26.7 Å². The standard InChI is InChI=1S/C13H19FN2/c1-10-4-3-5-12(14)13(10)16-7-6-11(9-16)8-15-2/h3-5,11,15H,6-9H2,1-2H3. The Labute approximate surface area is 96.5 Å². The molecule has 2 nitrogen and oxygen atoms in total. The predicted molar refractivity (Wildman–Crippen MR) is 65.4 cm³/mol. The molecule has 0 radical (unpaired) electrons. The lowest BCUT2D eigenvalue weighted by atomic mass is 10.1. The smallest absolute Gasteiger partial charge is 0.146 e. The average Bonchev–Trinajstić information content (AvgIpc) is 2.67. The number of halogens is 1. The van der Waals surface area contributed by atoms with Crippen molar-refractivity contribution in [3.63, 3.8) is 0 Å². The Balaban J connectivity index is 2.14. The van der Waals surface area contributed by atoms with Crippen molar-refractivity contribution in [1.29, 1.82) is 0 Å². The molecule has 1 unspecified atom stereocenters. The number of anilines is 1. The minimum absolute atomic E-state index is 0.0925. The van der Waals surface area contributed by atoms with E-state index >= 15 is 0 Å². The van der Waals surface area contributed by atoms with Gasteiger partial charge >= 0.3 is 0 Å². The van der Waals surface area contributed by atoms with Gasteiger partial charge < -0.3 is 10.2 Å². The summed E-state index contributed by atoms with van der Waals surface area (Å²) in [5, 5.41) is 3.19. The van der Waals surface area contributed by atoms with E-state index in [1.165, 1.54) is 0 Å². The molecule has 3 heteroatoms. The van der Waals surface area contributed by atoms with E-state index in [0.717, 1.165) is 37.3 Å². The van der Waals surface area contributed by atoms with Gasteiger partial charge in [0.25, 0.3) is 0 Å². The lowest BCUT2D eigenvalue weighted by Gasteiger charge is -2.21. The lowest BCUT2D eigenvalue weighted by Crippen LogP contribution is -2.25. The molecule has 1 aromatic carbocycles.